The minimum Gasteiger partial charge on any atom is -0.255 e. The summed E-state index contributed by atoms with van der Waals surface area (Å²) in [6.07, 6.45) is 7.11. The van der Waals surface area contributed by atoms with E-state index in [-0.39, 0.29) is 16.8 Å². The number of pyridine rings is 6. The van der Waals surface area contributed by atoms with Crippen molar-refractivity contribution < 1.29 is 16.8 Å². The molecule has 0 aromatic carbocycles. The van der Waals surface area contributed by atoms with Crippen molar-refractivity contribution in [1.82, 2.24) is 29.9 Å². The molecule has 0 aliphatic carbocycles. The first-order valence-corrected chi connectivity index (χ1v) is 12.3. The van der Waals surface area contributed by atoms with Gasteiger partial charge in [0.2, 0.25) is 0 Å². The summed E-state index contributed by atoms with van der Waals surface area (Å²) < 4.78 is 0. The van der Waals surface area contributed by atoms with Crippen LogP contribution < -0.4 is 0 Å². The summed E-state index contributed by atoms with van der Waals surface area (Å²) in [7, 11) is 0. The molecule has 6 aromatic heterocycles. The number of hydrogen-bond acceptors (Lipinski definition) is 6. The summed E-state index contributed by atoms with van der Waals surface area (Å²) >= 11 is 0. The van der Waals surface area contributed by atoms with Crippen molar-refractivity contribution >= 4 is 0 Å². The molecular formula is C32H26CoN6+3. The van der Waals surface area contributed by atoms with Crippen LogP contribution in [-0.2, 0) is 16.8 Å². The Labute approximate surface area is 238 Å². The Balaban J connectivity index is 0.000000176. The van der Waals surface area contributed by atoms with Gasteiger partial charge in [-0.15, -0.1) is 0 Å². The number of nitrogens with zero attached hydrogens (tertiary/aromatic N) is 6. The molecule has 0 bridgehead atoms. The fraction of sp³-hybridized carbons (Fsp3) is 0.0625. The third kappa shape index (κ3) is 7.25. The zero-order chi connectivity index (χ0) is 26.2. The molecule has 0 saturated heterocycles. The maximum absolute atomic E-state index is 4.65. The summed E-state index contributed by atoms with van der Waals surface area (Å²) in [5.74, 6) is 0. The summed E-state index contributed by atoms with van der Waals surface area (Å²) in [6.45, 7) is 4.11. The first-order valence-electron chi connectivity index (χ1n) is 12.3. The molecule has 0 spiro atoms. The Bertz CT molecular complexity index is 1370. The molecule has 0 radical (unpaired) electrons. The van der Waals surface area contributed by atoms with Crippen LogP contribution in [0.2, 0.25) is 0 Å². The van der Waals surface area contributed by atoms with E-state index in [0.29, 0.717) is 0 Å². The molecule has 6 rings (SSSR count). The van der Waals surface area contributed by atoms with Crippen LogP contribution in [0.5, 0.6) is 0 Å². The van der Waals surface area contributed by atoms with Crippen LogP contribution in [0.15, 0.2) is 122 Å². The molecule has 6 heterocycles. The molecule has 39 heavy (non-hydrogen) atoms. The van der Waals surface area contributed by atoms with E-state index in [1.165, 1.54) is 0 Å². The minimum atomic E-state index is 0. The van der Waals surface area contributed by atoms with Crippen LogP contribution in [0.25, 0.3) is 45.6 Å². The minimum absolute atomic E-state index is 0. The summed E-state index contributed by atoms with van der Waals surface area (Å²) in [4.78, 5) is 26.7. The zero-order valence-electron chi connectivity index (χ0n) is 21.6. The van der Waals surface area contributed by atoms with Crippen molar-refractivity contribution in [1.29, 1.82) is 0 Å². The van der Waals surface area contributed by atoms with Gasteiger partial charge in [-0.2, -0.15) is 0 Å². The second kappa shape index (κ2) is 13.3. The monoisotopic (exact) mass is 553 g/mol. The average Bonchev–Trinajstić information content (AvgIpc) is 2.99. The molecule has 0 aliphatic heterocycles. The molecular weight excluding hydrogens is 527 g/mol. The predicted molar refractivity (Wildman–Crippen MR) is 151 cm³/mol. The van der Waals surface area contributed by atoms with Gasteiger partial charge in [-0.1, -0.05) is 24.3 Å². The SMILES string of the molecule is Cc1cc(-c2ccccn2)nc(-c2ccccn2)c1.Cc1cc(-c2ccccn2)nc(-c2ccccn2)c1.[Co+3]. The van der Waals surface area contributed by atoms with E-state index in [4.69, 9.17) is 0 Å². The standard InChI is InChI=1S/2C16H13N3.Co/c2*1-12-10-15(13-6-2-4-8-17-13)19-16(11-12)14-7-3-5-9-18-14;/h2*2-11H,1H3;/q;;+3. The van der Waals surface area contributed by atoms with Crippen molar-refractivity contribution in [3.8, 4) is 45.6 Å². The van der Waals surface area contributed by atoms with Gasteiger partial charge in [0.05, 0.1) is 45.6 Å². The third-order valence-corrected chi connectivity index (χ3v) is 5.65. The maximum atomic E-state index is 4.65. The van der Waals surface area contributed by atoms with Crippen LogP contribution in [-0.4, -0.2) is 29.9 Å². The van der Waals surface area contributed by atoms with Gasteiger partial charge in [0.25, 0.3) is 0 Å². The molecule has 0 N–H and O–H groups in total. The predicted octanol–water partition coefficient (Wildman–Crippen LogP) is 7.03. The Kier molecular flexibility index (Phi) is 9.34. The molecule has 0 saturated carbocycles. The number of rotatable bonds is 4. The van der Waals surface area contributed by atoms with Crippen molar-refractivity contribution in [2.45, 2.75) is 13.8 Å². The fourth-order valence-electron chi connectivity index (χ4n) is 3.92. The second-order valence-corrected chi connectivity index (χ2v) is 8.69. The van der Waals surface area contributed by atoms with Gasteiger partial charge in [0.15, 0.2) is 0 Å². The van der Waals surface area contributed by atoms with Crippen LogP contribution in [0, 0.1) is 13.8 Å². The van der Waals surface area contributed by atoms with Crippen molar-refractivity contribution in [3.05, 3.63) is 133 Å². The normalized spacial score (nSPS) is 10.1. The molecule has 0 amide bonds. The van der Waals surface area contributed by atoms with Gasteiger partial charge in [-0.3, -0.25) is 19.9 Å². The molecule has 6 nitrogen and oxygen atoms in total. The summed E-state index contributed by atoms with van der Waals surface area (Å²) in [5, 5.41) is 0. The molecule has 6 aromatic rings. The van der Waals surface area contributed by atoms with Crippen LogP contribution in [0.3, 0.4) is 0 Å². The second-order valence-electron chi connectivity index (χ2n) is 8.69. The van der Waals surface area contributed by atoms with Crippen LogP contribution >= 0.6 is 0 Å². The molecule has 0 atom stereocenters. The first kappa shape index (κ1) is 27.4. The van der Waals surface area contributed by atoms with Crippen molar-refractivity contribution in [3.63, 3.8) is 0 Å². The first-order chi connectivity index (χ1) is 18.7. The Morgan fingerprint density at radius 2 is 0.615 bits per heavy atom. The largest absolute Gasteiger partial charge is 3.00 e. The van der Waals surface area contributed by atoms with E-state index in [2.05, 4.69) is 43.8 Å². The van der Waals surface area contributed by atoms with Gasteiger partial charge in [-0.25, -0.2) is 9.97 Å². The van der Waals surface area contributed by atoms with Gasteiger partial charge in [-0.05, 0) is 97.8 Å². The van der Waals surface area contributed by atoms with Crippen LogP contribution in [0.4, 0.5) is 0 Å². The quantitative estimate of drug-likeness (QED) is 0.233. The van der Waals surface area contributed by atoms with E-state index < -0.39 is 0 Å². The molecule has 7 heteroatoms. The third-order valence-electron chi connectivity index (χ3n) is 5.65. The van der Waals surface area contributed by atoms with Crippen molar-refractivity contribution in [2.75, 3.05) is 0 Å². The molecule has 190 valence electrons. The molecule has 0 aliphatic rings. The summed E-state index contributed by atoms with van der Waals surface area (Å²) in [6, 6.07) is 31.5. The van der Waals surface area contributed by atoms with Gasteiger partial charge in [0, 0.05) is 24.8 Å². The van der Waals surface area contributed by atoms with Crippen molar-refractivity contribution in [2.24, 2.45) is 0 Å². The van der Waals surface area contributed by atoms with E-state index in [1.54, 1.807) is 24.8 Å². The number of aryl methyl sites for hydroxylation is 2. The fourth-order valence-corrected chi connectivity index (χ4v) is 3.92. The smallest absolute Gasteiger partial charge is 0.255 e. The zero-order valence-corrected chi connectivity index (χ0v) is 22.6. The van der Waals surface area contributed by atoms with Crippen LogP contribution in [0.1, 0.15) is 11.1 Å². The Hall–Kier alpha value is -4.59. The Morgan fingerprint density at radius 1 is 0.359 bits per heavy atom. The maximum Gasteiger partial charge on any atom is 3.00 e. The number of aromatic nitrogens is 6. The van der Waals surface area contributed by atoms with E-state index in [9.17, 15) is 0 Å². The van der Waals surface area contributed by atoms with Gasteiger partial charge >= 0.3 is 16.8 Å². The van der Waals surface area contributed by atoms with E-state index in [1.807, 2.05) is 97.1 Å². The average molecular weight is 554 g/mol. The number of hydrogen-bond donors (Lipinski definition) is 0. The topological polar surface area (TPSA) is 77.3 Å². The van der Waals surface area contributed by atoms with Gasteiger partial charge < -0.3 is 0 Å². The summed E-state index contributed by atoms with van der Waals surface area (Å²) in [5.41, 5.74) is 9.32. The molecule has 0 fully saturated rings. The van der Waals surface area contributed by atoms with Gasteiger partial charge in [0.1, 0.15) is 0 Å². The van der Waals surface area contributed by atoms with E-state index in [0.717, 1.165) is 56.7 Å². The molecule has 0 unspecified atom stereocenters. The Morgan fingerprint density at radius 3 is 0.821 bits per heavy atom. The van der Waals surface area contributed by atoms with E-state index >= 15 is 0 Å².